The first-order chi connectivity index (χ1) is 8.43. The summed E-state index contributed by atoms with van der Waals surface area (Å²) in [7, 11) is 3.94. The van der Waals surface area contributed by atoms with Crippen LogP contribution >= 0.6 is 0 Å². The van der Waals surface area contributed by atoms with Gasteiger partial charge in [0.2, 0.25) is 0 Å². The highest BCUT2D eigenvalue weighted by atomic mass is 15.1. The summed E-state index contributed by atoms with van der Waals surface area (Å²) in [6, 6.07) is 0. The first kappa shape index (κ1) is 16.6. The van der Waals surface area contributed by atoms with Crippen molar-refractivity contribution in [3.8, 4) is 0 Å². The van der Waals surface area contributed by atoms with Crippen LogP contribution < -0.4 is 16.8 Å². The molecule has 104 valence electrons. The number of hydrogen-bond acceptors (Lipinski definition) is 4. The predicted octanol–water partition coefficient (Wildman–Crippen LogP) is 1.38. The topological polar surface area (TPSA) is 67.3 Å². The smallest absolute Gasteiger partial charge is 0.0413 e. The molecule has 0 saturated carbocycles. The van der Waals surface area contributed by atoms with Crippen molar-refractivity contribution < 1.29 is 0 Å². The maximum absolute atomic E-state index is 5.97. The van der Waals surface area contributed by atoms with Gasteiger partial charge in [0.1, 0.15) is 0 Å². The normalized spacial score (nSPS) is 14.4. The first-order valence-electron chi connectivity index (χ1n) is 6.31. The fraction of sp³-hybridized carbons (Fsp3) is 0.571. The quantitative estimate of drug-likeness (QED) is 0.571. The number of likely N-dealkylation sites (N-methyl/N-ethyl adjacent to an activating group) is 1. The van der Waals surface area contributed by atoms with Crippen LogP contribution in [-0.4, -0.2) is 32.1 Å². The molecule has 1 atom stereocenters. The molecule has 0 aliphatic rings. The van der Waals surface area contributed by atoms with Crippen LogP contribution in [-0.2, 0) is 0 Å². The highest BCUT2D eigenvalue weighted by molar-refractivity contribution is 5.11. The summed E-state index contributed by atoms with van der Waals surface area (Å²) in [4.78, 5) is 2.16. The lowest BCUT2D eigenvalue weighted by Gasteiger charge is -2.23. The van der Waals surface area contributed by atoms with E-state index in [9.17, 15) is 0 Å². The second kappa shape index (κ2) is 8.64. The average molecular weight is 252 g/mol. The van der Waals surface area contributed by atoms with Crippen LogP contribution in [0.15, 0.2) is 35.8 Å². The number of hydrogen-bond donors (Lipinski definition) is 3. The van der Waals surface area contributed by atoms with E-state index in [0.29, 0.717) is 12.5 Å². The van der Waals surface area contributed by atoms with E-state index in [1.807, 2.05) is 20.0 Å². The number of rotatable bonds is 8. The molecule has 4 nitrogen and oxygen atoms in total. The number of nitrogens with zero attached hydrogens (tertiary/aromatic N) is 1. The maximum atomic E-state index is 5.97. The van der Waals surface area contributed by atoms with Crippen molar-refractivity contribution in [2.75, 3.05) is 27.2 Å². The summed E-state index contributed by atoms with van der Waals surface area (Å²) in [5.41, 5.74) is 14.5. The van der Waals surface area contributed by atoms with Crippen LogP contribution in [0.25, 0.3) is 0 Å². The first-order valence-corrected chi connectivity index (χ1v) is 6.31. The van der Waals surface area contributed by atoms with Gasteiger partial charge in [-0.15, -0.1) is 0 Å². The maximum Gasteiger partial charge on any atom is 0.0413 e. The molecule has 18 heavy (non-hydrogen) atoms. The van der Waals surface area contributed by atoms with Crippen LogP contribution in [0.4, 0.5) is 0 Å². The van der Waals surface area contributed by atoms with Crippen molar-refractivity contribution in [1.29, 1.82) is 0 Å². The van der Waals surface area contributed by atoms with Gasteiger partial charge in [-0.25, -0.2) is 0 Å². The Morgan fingerprint density at radius 3 is 2.61 bits per heavy atom. The molecule has 0 aromatic heterocycles. The fourth-order valence-corrected chi connectivity index (χ4v) is 1.57. The molecule has 0 heterocycles. The molecule has 0 fully saturated rings. The second-order valence-electron chi connectivity index (χ2n) is 4.64. The number of nitrogens with two attached hydrogens (primary N) is 2. The molecule has 0 aliphatic heterocycles. The van der Waals surface area contributed by atoms with Gasteiger partial charge in [-0.3, -0.25) is 0 Å². The summed E-state index contributed by atoms with van der Waals surface area (Å²) in [5, 5.41) is 3.05. The van der Waals surface area contributed by atoms with Crippen LogP contribution in [0.1, 0.15) is 20.3 Å². The van der Waals surface area contributed by atoms with Crippen molar-refractivity contribution in [2.24, 2.45) is 17.4 Å². The molecule has 0 saturated heterocycles. The van der Waals surface area contributed by atoms with Gasteiger partial charge in [0.15, 0.2) is 0 Å². The Bertz CT molecular complexity index is 318. The molecule has 0 bridgehead atoms. The molecular formula is C14H28N4. The molecule has 4 heteroatoms. The van der Waals surface area contributed by atoms with Gasteiger partial charge in [-0.1, -0.05) is 25.2 Å². The third-order valence-corrected chi connectivity index (χ3v) is 3.22. The third kappa shape index (κ3) is 5.77. The summed E-state index contributed by atoms with van der Waals surface area (Å²) in [6.45, 7) is 9.86. The molecule has 0 radical (unpaired) electrons. The number of allylic oxidation sites excluding steroid dienone is 2. The molecule has 0 aliphatic carbocycles. The molecule has 1 unspecified atom stereocenters. The molecular weight excluding hydrogens is 224 g/mol. The monoisotopic (exact) mass is 252 g/mol. The van der Waals surface area contributed by atoms with Gasteiger partial charge in [-0.2, -0.15) is 0 Å². The van der Waals surface area contributed by atoms with Crippen molar-refractivity contribution in [1.82, 2.24) is 10.2 Å². The fourth-order valence-electron chi connectivity index (χ4n) is 1.57. The zero-order valence-corrected chi connectivity index (χ0v) is 12.2. The standard InChI is InChI=1S/C14H28N4/c1-11(6-8-15)12(2)7-9-18(5)13(3)14(16)10-17-4/h6,8,11,17H,2,7,9-10,15-16H2,1,3-5H3/b8-6-,14-13-. The molecule has 0 rings (SSSR count). The third-order valence-electron chi connectivity index (χ3n) is 3.22. The van der Waals surface area contributed by atoms with Crippen molar-refractivity contribution in [3.05, 3.63) is 35.8 Å². The number of nitrogens with one attached hydrogen (secondary N) is 1. The predicted molar refractivity (Wildman–Crippen MR) is 79.7 cm³/mol. The second-order valence-corrected chi connectivity index (χ2v) is 4.64. The lowest BCUT2D eigenvalue weighted by atomic mass is 9.99. The average Bonchev–Trinajstić information content (AvgIpc) is 2.35. The minimum absolute atomic E-state index is 0.322. The van der Waals surface area contributed by atoms with Gasteiger partial charge in [0, 0.05) is 31.5 Å². The summed E-state index contributed by atoms with van der Waals surface area (Å²) < 4.78 is 0. The minimum Gasteiger partial charge on any atom is -0.405 e. The van der Waals surface area contributed by atoms with Crippen LogP contribution in [0.2, 0.25) is 0 Å². The van der Waals surface area contributed by atoms with E-state index in [-0.39, 0.29) is 0 Å². The van der Waals surface area contributed by atoms with Crippen molar-refractivity contribution in [3.63, 3.8) is 0 Å². The van der Waals surface area contributed by atoms with E-state index >= 15 is 0 Å². The SMILES string of the molecule is C=C(CCN(C)/C(C)=C(\N)CNC)C(C)/C=C\N. The van der Waals surface area contributed by atoms with E-state index in [1.165, 1.54) is 5.57 Å². The summed E-state index contributed by atoms with van der Waals surface area (Å²) in [6.07, 6.45) is 4.47. The van der Waals surface area contributed by atoms with E-state index in [4.69, 9.17) is 11.5 Å². The van der Waals surface area contributed by atoms with Crippen LogP contribution in [0.3, 0.4) is 0 Å². The zero-order valence-electron chi connectivity index (χ0n) is 12.2. The Morgan fingerprint density at radius 1 is 1.50 bits per heavy atom. The van der Waals surface area contributed by atoms with Crippen molar-refractivity contribution in [2.45, 2.75) is 20.3 Å². The van der Waals surface area contributed by atoms with E-state index < -0.39 is 0 Å². The van der Waals surface area contributed by atoms with Gasteiger partial charge < -0.3 is 21.7 Å². The molecule has 0 amide bonds. The van der Waals surface area contributed by atoms with Gasteiger partial charge in [-0.05, 0) is 32.5 Å². The van der Waals surface area contributed by atoms with Crippen LogP contribution in [0, 0.1) is 5.92 Å². The lowest BCUT2D eigenvalue weighted by molar-refractivity contribution is 0.411. The molecule has 0 aromatic carbocycles. The molecule has 0 aromatic rings. The van der Waals surface area contributed by atoms with E-state index in [0.717, 1.165) is 24.4 Å². The van der Waals surface area contributed by atoms with Gasteiger partial charge >= 0.3 is 0 Å². The molecule has 0 spiro atoms. The Hall–Kier alpha value is -1.42. The van der Waals surface area contributed by atoms with E-state index in [2.05, 4.69) is 30.8 Å². The zero-order chi connectivity index (χ0) is 14.1. The summed E-state index contributed by atoms with van der Waals surface area (Å²) in [5.74, 6) is 0.322. The van der Waals surface area contributed by atoms with Gasteiger partial charge in [0.25, 0.3) is 0 Å². The Balaban J connectivity index is 4.30. The Labute approximate surface area is 111 Å². The van der Waals surface area contributed by atoms with E-state index in [1.54, 1.807) is 6.20 Å². The van der Waals surface area contributed by atoms with Gasteiger partial charge in [0.05, 0.1) is 0 Å². The van der Waals surface area contributed by atoms with Crippen LogP contribution in [0.5, 0.6) is 0 Å². The largest absolute Gasteiger partial charge is 0.405 e. The minimum atomic E-state index is 0.322. The molecule has 5 N–H and O–H groups in total. The highest BCUT2D eigenvalue weighted by Crippen LogP contribution is 2.15. The van der Waals surface area contributed by atoms with Crippen molar-refractivity contribution >= 4 is 0 Å². The summed E-state index contributed by atoms with van der Waals surface area (Å²) >= 11 is 0. The Kier molecular flexibility index (Phi) is 7.96. The highest BCUT2D eigenvalue weighted by Gasteiger charge is 2.07. The Morgan fingerprint density at radius 2 is 2.11 bits per heavy atom. The lowest BCUT2D eigenvalue weighted by Crippen LogP contribution is -2.26.